The molecule has 0 heterocycles. The van der Waals surface area contributed by atoms with Crippen molar-refractivity contribution in [2.24, 2.45) is 0 Å². The van der Waals surface area contributed by atoms with E-state index in [9.17, 15) is 19.2 Å². The average molecular weight is 286 g/mol. The lowest BCUT2D eigenvalue weighted by Gasteiger charge is -2.20. The number of rotatable bonds is 8. The maximum absolute atomic E-state index is 11.9. The van der Waals surface area contributed by atoms with Gasteiger partial charge in [-0.25, -0.2) is 0 Å². The Morgan fingerprint density at radius 2 is 1.40 bits per heavy atom. The van der Waals surface area contributed by atoms with Gasteiger partial charge in [-0.05, 0) is 14.0 Å². The van der Waals surface area contributed by atoms with E-state index in [4.69, 9.17) is 0 Å². The van der Waals surface area contributed by atoms with Crippen molar-refractivity contribution in [2.45, 2.75) is 32.9 Å². The molecule has 0 spiro atoms. The molecule has 8 heteroatoms. The van der Waals surface area contributed by atoms with Gasteiger partial charge in [-0.1, -0.05) is 0 Å². The first-order valence-corrected chi connectivity index (χ1v) is 6.24. The van der Waals surface area contributed by atoms with Crippen molar-refractivity contribution in [1.82, 2.24) is 21.3 Å². The fraction of sp³-hybridized carbons (Fsp3) is 0.667. The average Bonchev–Trinajstić information content (AvgIpc) is 2.33. The highest BCUT2D eigenvalue weighted by Gasteiger charge is 2.21. The van der Waals surface area contributed by atoms with Crippen LogP contribution in [0, 0.1) is 0 Å². The molecule has 3 amide bonds. The van der Waals surface area contributed by atoms with E-state index in [1.165, 1.54) is 20.8 Å². The summed E-state index contributed by atoms with van der Waals surface area (Å²) in [6.07, 6.45) is 0. The molecule has 0 aromatic heterocycles. The van der Waals surface area contributed by atoms with Crippen LogP contribution >= 0.6 is 0 Å². The molecule has 0 bridgehead atoms. The third-order valence-corrected chi connectivity index (χ3v) is 2.57. The van der Waals surface area contributed by atoms with E-state index < -0.39 is 18.0 Å². The highest BCUT2D eigenvalue weighted by Crippen LogP contribution is 1.87. The van der Waals surface area contributed by atoms with Crippen molar-refractivity contribution in [1.29, 1.82) is 0 Å². The third-order valence-electron chi connectivity index (χ3n) is 2.57. The Bertz CT molecular complexity index is 384. The molecule has 2 atom stereocenters. The smallest absolute Gasteiger partial charge is 0.244 e. The molecule has 0 aromatic carbocycles. The maximum Gasteiger partial charge on any atom is 0.244 e. The molecular formula is C12H22N4O4. The minimum Gasteiger partial charge on any atom is -0.354 e. The predicted octanol–water partition coefficient (Wildman–Crippen LogP) is -2.08. The predicted molar refractivity (Wildman–Crippen MR) is 72.8 cm³/mol. The Kier molecular flexibility index (Phi) is 8.14. The van der Waals surface area contributed by atoms with E-state index in [0.29, 0.717) is 0 Å². The third kappa shape index (κ3) is 7.47. The number of amides is 3. The van der Waals surface area contributed by atoms with Crippen LogP contribution in [0.25, 0.3) is 0 Å². The lowest BCUT2D eigenvalue weighted by atomic mass is 10.2. The van der Waals surface area contributed by atoms with Crippen LogP contribution in [0.2, 0.25) is 0 Å². The van der Waals surface area contributed by atoms with E-state index >= 15 is 0 Å². The molecule has 4 N–H and O–H groups in total. The molecule has 0 radical (unpaired) electrons. The van der Waals surface area contributed by atoms with Crippen LogP contribution in [0.15, 0.2) is 0 Å². The Labute approximate surface area is 118 Å². The van der Waals surface area contributed by atoms with Gasteiger partial charge in [-0.3, -0.25) is 19.2 Å². The first kappa shape index (κ1) is 18.0. The Morgan fingerprint density at radius 1 is 0.850 bits per heavy atom. The monoisotopic (exact) mass is 286 g/mol. The van der Waals surface area contributed by atoms with Crippen molar-refractivity contribution in [3.05, 3.63) is 0 Å². The molecule has 20 heavy (non-hydrogen) atoms. The summed E-state index contributed by atoms with van der Waals surface area (Å²) in [6, 6.07) is -1.36. The van der Waals surface area contributed by atoms with E-state index in [1.807, 2.05) is 0 Å². The van der Waals surface area contributed by atoms with Gasteiger partial charge in [-0.15, -0.1) is 0 Å². The molecule has 0 rings (SSSR count). The quantitative estimate of drug-likeness (QED) is 0.409. The number of carbonyl (C=O) groups is 4. The number of ketones is 1. The molecule has 0 aliphatic heterocycles. The summed E-state index contributed by atoms with van der Waals surface area (Å²) in [7, 11) is 1.61. The van der Waals surface area contributed by atoms with Crippen molar-refractivity contribution in [2.75, 3.05) is 20.1 Å². The second kappa shape index (κ2) is 9.03. The van der Waals surface area contributed by atoms with E-state index in [1.54, 1.807) is 7.05 Å². The summed E-state index contributed by atoms with van der Waals surface area (Å²) in [6.45, 7) is 4.11. The zero-order chi connectivity index (χ0) is 15.7. The van der Waals surface area contributed by atoms with E-state index in [0.717, 1.165) is 0 Å². The molecule has 0 aliphatic carbocycles. The number of carbonyl (C=O) groups excluding carboxylic acids is 4. The molecular weight excluding hydrogens is 264 g/mol. The highest BCUT2D eigenvalue weighted by molar-refractivity contribution is 5.88. The minimum absolute atomic E-state index is 0.00889. The van der Waals surface area contributed by atoms with Gasteiger partial charge in [0.2, 0.25) is 17.7 Å². The SMILES string of the molecule is CNC(CNC(=O)C(CNC(C)=O)NC(C)=O)C(C)=O. The Balaban J connectivity index is 4.49. The summed E-state index contributed by atoms with van der Waals surface area (Å²) in [5, 5.41) is 10.2. The van der Waals surface area contributed by atoms with Crippen LogP contribution in [-0.4, -0.2) is 55.7 Å². The van der Waals surface area contributed by atoms with Crippen LogP contribution in [0.5, 0.6) is 0 Å². The molecule has 114 valence electrons. The summed E-state index contributed by atoms with van der Waals surface area (Å²) in [4.78, 5) is 45.0. The number of likely N-dealkylation sites (N-methyl/N-ethyl adjacent to an activating group) is 1. The Hall–Kier alpha value is -1.96. The normalized spacial score (nSPS) is 13.0. The van der Waals surface area contributed by atoms with Gasteiger partial charge < -0.3 is 21.3 Å². The lowest BCUT2D eigenvalue weighted by molar-refractivity contribution is -0.128. The van der Waals surface area contributed by atoms with Crippen molar-refractivity contribution < 1.29 is 19.2 Å². The van der Waals surface area contributed by atoms with Crippen LogP contribution in [0.1, 0.15) is 20.8 Å². The van der Waals surface area contributed by atoms with Crippen molar-refractivity contribution in [3.8, 4) is 0 Å². The first-order chi connectivity index (χ1) is 9.27. The van der Waals surface area contributed by atoms with Gasteiger partial charge in [0.1, 0.15) is 11.8 Å². The van der Waals surface area contributed by atoms with Gasteiger partial charge in [0.25, 0.3) is 0 Å². The van der Waals surface area contributed by atoms with Crippen molar-refractivity contribution in [3.63, 3.8) is 0 Å². The van der Waals surface area contributed by atoms with Gasteiger partial charge in [-0.2, -0.15) is 0 Å². The molecule has 0 saturated carbocycles. The highest BCUT2D eigenvalue weighted by atomic mass is 16.2. The number of hydrogen-bond acceptors (Lipinski definition) is 5. The van der Waals surface area contributed by atoms with E-state index in [2.05, 4.69) is 21.3 Å². The fourth-order valence-electron chi connectivity index (χ4n) is 1.48. The van der Waals surface area contributed by atoms with Gasteiger partial charge in [0.15, 0.2) is 0 Å². The Morgan fingerprint density at radius 3 is 1.80 bits per heavy atom. The summed E-state index contributed by atoms with van der Waals surface area (Å²) in [5.74, 6) is -1.25. The molecule has 0 saturated heterocycles. The van der Waals surface area contributed by atoms with Crippen LogP contribution in [0.4, 0.5) is 0 Å². The summed E-state index contributed by atoms with van der Waals surface area (Å²) in [5.41, 5.74) is 0. The molecule has 0 aliphatic rings. The van der Waals surface area contributed by atoms with Gasteiger partial charge >= 0.3 is 0 Å². The summed E-state index contributed by atoms with van der Waals surface area (Å²) >= 11 is 0. The topological polar surface area (TPSA) is 116 Å². The lowest BCUT2D eigenvalue weighted by Crippen LogP contribution is -2.54. The van der Waals surface area contributed by atoms with Gasteiger partial charge in [0.05, 0.1) is 6.04 Å². The second-order valence-corrected chi connectivity index (χ2v) is 4.39. The van der Waals surface area contributed by atoms with Crippen LogP contribution in [0.3, 0.4) is 0 Å². The molecule has 2 unspecified atom stereocenters. The largest absolute Gasteiger partial charge is 0.354 e. The van der Waals surface area contributed by atoms with E-state index in [-0.39, 0.29) is 30.7 Å². The number of hydrogen-bond donors (Lipinski definition) is 4. The fourth-order valence-corrected chi connectivity index (χ4v) is 1.48. The number of nitrogens with one attached hydrogen (secondary N) is 4. The summed E-state index contributed by atoms with van der Waals surface area (Å²) < 4.78 is 0. The second-order valence-electron chi connectivity index (χ2n) is 4.39. The first-order valence-electron chi connectivity index (χ1n) is 6.24. The van der Waals surface area contributed by atoms with Crippen LogP contribution in [-0.2, 0) is 19.2 Å². The zero-order valence-corrected chi connectivity index (χ0v) is 12.2. The minimum atomic E-state index is -0.874. The van der Waals surface area contributed by atoms with Gasteiger partial charge in [0, 0.05) is 26.9 Å². The zero-order valence-electron chi connectivity index (χ0n) is 12.2. The molecule has 8 nitrogen and oxygen atoms in total. The molecule has 0 aromatic rings. The van der Waals surface area contributed by atoms with Crippen LogP contribution < -0.4 is 21.3 Å². The maximum atomic E-state index is 11.9. The molecule has 0 fully saturated rings. The van der Waals surface area contributed by atoms with Crippen molar-refractivity contribution >= 4 is 23.5 Å². The standard InChI is InChI=1S/C12H22N4O4/c1-7(17)10(13-4)5-15-12(20)11(16-9(3)19)6-14-8(2)18/h10-11,13H,5-6H2,1-4H3,(H,14,18)(H,15,20)(H,16,19). The number of Topliss-reactive ketones (excluding diaryl/α,β-unsaturated/α-hetero) is 1.